The molecule has 0 spiro atoms. The Morgan fingerprint density at radius 3 is 2.65 bits per heavy atom. The Hall–Kier alpha value is -3.37. The van der Waals surface area contributed by atoms with Crippen LogP contribution < -0.4 is 5.32 Å². The van der Waals surface area contributed by atoms with E-state index in [4.69, 9.17) is 16.6 Å². The summed E-state index contributed by atoms with van der Waals surface area (Å²) < 4.78 is 2.23. The maximum atomic E-state index is 12.1. The zero-order valence-corrected chi connectivity index (χ0v) is 17.9. The van der Waals surface area contributed by atoms with Crippen molar-refractivity contribution in [2.24, 2.45) is 0 Å². The van der Waals surface area contributed by atoms with E-state index in [1.165, 1.54) is 0 Å². The Morgan fingerprint density at radius 2 is 1.81 bits per heavy atom. The Labute approximate surface area is 187 Å². The monoisotopic (exact) mass is 429 g/mol. The number of carbonyl (C=O) groups excluding carboxylic acids is 1. The number of para-hydroxylation sites is 2. The van der Waals surface area contributed by atoms with Gasteiger partial charge in [-0.15, -0.1) is 0 Å². The highest BCUT2D eigenvalue weighted by Crippen LogP contribution is 2.20. The van der Waals surface area contributed by atoms with Crippen LogP contribution in [0.4, 0.5) is 0 Å². The van der Waals surface area contributed by atoms with Crippen molar-refractivity contribution in [1.82, 2.24) is 14.9 Å². The molecule has 0 radical (unpaired) electrons. The van der Waals surface area contributed by atoms with Gasteiger partial charge >= 0.3 is 0 Å². The molecule has 0 atom stereocenters. The topological polar surface area (TPSA) is 46.9 Å². The molecule has 4 aromatic rings. The van der Waals surface area contributed by atoms with Crippen LogP contribution in [-0.4, -0.2) is 22.0 Å². The van der Waals surface area contributed by atoms with E-state index in [1.54, 1.807) is 6.08 Å². The number of hydrogen-bond acceptors (Lipinski definition) is 2. The third-order valence-electron chi connectivity index (χ3n) is 5.07. The molecule has 0 unspecified atom stereocenters. The molecule has 3 aromatic carbocycles. The number of amides is 1. The summed E-state index contributed by atoms with van der Waals surface area (Å²) in [6.07, 6.45) is 4.98. The summed E-state index contributed by atoms with van der Waals surface area (Å²) >= 11 is 6.17. The van der Waals surface area contributed by atoms with Gasteiger partial charge in [-0.1, -0.05) is 66.2 Å². The van der Waals surface area contributed by atoms with E-state index >= 15 is 0 Å². The molecule has 156 valence electrons. The van der Waals surface area contributed by atoms with Gasteiger partial charge in [-0.25, -0.2) is 4.98 Å². The van der Waals surface area contributed by atoms with Crippen molar-refractivity contribution in [3.05, 3.63) is 107 Å². The van der Waals surface area contributed by atoms with E-state index in [9.17, 15) is 4.79 Å². The number of hydrogen-bond donors (Lipinski definition) is 1. The lowest BCUT2D eigenvalue weighted by Gasteiger charge is -2.10. The van der Waals surface area contributed by atoms with Crippen molar-refractivity contribution in [3.63, 3.8) is 0 Å². The first-order valence-electron chi connectivity index (χ1n) is 10.4. The summed E-state index contributed by atoms with van der Waals surface area (Å²) in [5.74, 6) is 0.923. The second kappa shape index (κ2) is 10.1. The molecule has 0 aliphatic heterocycles. The first-order valence-corrected chi connectivity index (χ1v) is 10.8. The molecule has 1 N–H and O–H groups in total. The van der Waals surface area contributed by atoms with Gasteiger partial charge in [0.1, 0.15) is 5.82 Å². The third-order valence-corrected chi connectivity index (χ3v) is 5.30. The number of imidazole rings is 1. The maximum Gasteiger partial charge on any atom is 0.243 e. The molecular weight excluding hydrogens is 406 g/mol. The molecular formula is C26H24ClN3O. The van der Waals surface area contributed by atoms with Crippen LogP contribution in [0.3, 0.4) is 0 Å². The van der Waals surface area contributed by atoms with Crippen LogP contribution in [0.5, 0.6) is 0 Å². The van der Waals surface area contributed by atoms with E-state index in [-0.39, 0.29) is 5.91 Å². The smallest absolute Gasteiger partial charge is 0.243 e. The fourth-order valence-electron chi connectivity index (χ4n) is 3.56. The second-order valence-corrected chi connectivity index (χ2v) is 7.81. The van der Waals surface area contributed by atoms with Crippen LogP contribution >= 0.6 is 11.6 Å². The molecule has 4 nitrogen and oxygen atoms in total. The quantitative estimate of drug-likeness (QED) is 0.297. The standard InChI is InChI=1S/C26H24ClN3O/c27-22-11-6-10-21(18-22)19-30-24-13-5-4-12-23(24)29-25(30)14-7-17-28-26(31)16-15-20-8-2-1-3-9-20/h1-6,8-13,15-16,18H,7,14,17,19H2,(H,28,31)/b16-15+. The Bertz CT molecular complexity index is 1200. The molecule has 0 saturated carbocycles. The highest BCUT2D eigenvalue weighted by atomic mass is 35.5. The minimum absolute atomic E-state index is 0.0868. The number of nitrogens with zero attached hydrogens (tertiary/aromatic N) is 2. The lowest BCUT2D eigenvalue weighted by molar-refractivity contribution is -0.116. The predicted molar refractivity (Wildman–Crippen MR) is 127 cm³/mol. The number of benzene rings is 3. The molecule has 5 heteroatoms. The Morgan fingerprint density at radius 1 is 1.00 bits per heavy atom. The minimum atomic E-state index is -0.0868. The van der Waals surface area contributed by atoms with Gasteiger partial charge in [-0.05, 0) is 47.9 Å². The van der Waals surface area contributed by atoms with Gasteiger partial charge in [0.25, 0.3) is 0 Å². The highest BCUT2D eigenvalue weighted by Gasteiger charge is 2.11. The average molecular weight is 430 g/mol. The zero-order valence-electron chi connectivity index (χ0n) is 17.2. The van der Waals surface area contributed by atoms with Gasteiger partial charge in [-0.2, -0.15) is 0 Å². The normalized spacial score (nSPS) is 11.3. The molecule has 31 heavy (non-hydrogen) atoms. The molecule has 0 aliphatic rings. The fourth-order valence-corrected chi connectivity index (χ4v) is 3.78. The van der Waals surface area contributed by atoms with Gasteiger partial charge < -0.3 is 9.88 Å². The van der Waals surface area contributed by atoms with E-state index in [0.717, 1.165) is 45.8 Å². The van der Waals surface area contributed by atoms with Gasteiger partial charge in [0.05, 0.1) is 11.0 Å². The summed E-state index contributed by atoms with van der Waals surface area (Å²) in [5.41, 5.74) is 4.23. The van der Waals surface area contributed by atoms with E-state index in [1.807, 2.05) is 72.8 Å². The predicted octanol–water partition coefficient (Wildman–Crippen LogP) is 5.50. The molecule has 0 bridgehead atoms. The number of rotatable bonds is 8. The van der Waals surface area contributed by atoms with Crippen LogP contribution in [0.1, 0.15) is 23.4 Å². The Kier molecular flexibility index (Phi) is 6.80. The van der Waals surface area contributed by atoms with Gasteiger partial charge in [0, 0.05) is 30.6 Å². The van der Waals surface area contributed by atoms with Crippen LogP contribution in [0, 0.1) is 0 Å². The highest BCUT2D eigenvalue weighted by molar-refractivity contribution is 6.30. The SMILES string of the molecule is O=C(/C=C/c1ccccc1)NCCCc1nc2ccccc2n1Cc1cccc(Cl)c1. The average Bonchev–Trinajstić information content (AvgIpc) is 3.13. The molecule has 0 aliphatic carbocycles. The van der Waals surface area contributed by atoms with E-state index < -0.39 is 0 Å². The van der Waals surface area contributed by atoms with Crippen molar-refractivity contribution in [1.29, 1.82) is 0 Å². The first kappa shape index (κ1) is 20.9. The third kappa shape index (κ3) is 5.62. The van der Waals surface area contributed by atoms with Gasteiger partial charge in [-0.3, -0.25) is 4.79 Å². The molecule has 0 fully saturated rings. The summed E-state index contributed by atoms with van der Waals surface area (Å²) in [5, 5.41) is 3.68. The lowest BCUT2D eigenvalue weighted by atomic mass is 10.2. The van der Waals surface area contributed by atoms with Crippen LogP contribution in [0.15, 0.2) is 84.9 Å². The molecule has 4 rings (SSSR count). The van der Waals surface area contributed by atoms with Crippen LogP contribution in [0.25, 0.3) is 17.1 Å². The van der Waals surface area contributed by atoms with Crippen molar-refractivity contribution >= 4 is 34.6 Å². The number of fused-ring (bicyclic) bond motifs is 1. The number of aromatic nitrogens is 2. The number of halogens is 1. The molecule has 1 amide bonds. The number of carbonyl (C=O) groups is 1. The van der Waals surface area contributed by atoms with Crippen molar-refractivity contribution in [3.8, 4) is 0 Å². The van der Waals surface area contributed by atoms with Crippen LogP contribution in [0.2, 0.25) is 5.02 Å². The lowest BCUT2D eigenvalue weighted by Crippen LogP contribution is -2.22. The summed E-state index contributed by atoms with van der Waals surface area (Å²) in [7, 11) is 0. The summed E-state index contributed by atoms with van der Waals surface area (Å²) in [6, 6.07) is 25.9. The Balaban J connectivity index is 1.39. The second-order valence-electron chi connectivity index (χ2n) is 7.37. The van der Waals surface area contributed by atoms with Crippen molar-refractivity contribution in [2.75, 3.05) is 6.54 Å². The maximum absolute atomic E-state index is 12.1. The minimum Gasteiger partial charge on any atom is -0.353 e. The zero-order chi connectivity index (χ0) is 21.5. The summed E-state index contributed by atoms with van der Waals surface area (Å²) in [6.45, 7) is 1.31. The van der Waals surface area contributed by atoms with Crippen LogP contribution in [-0.2, 0) is 17.8 Å². The fraction of sp³-hybridized carbons (Fsp3) is 0.154. The van der Waals surface area contributed by atoms with E-state index in [2.05, 4.69) is 22.0 Å². The molecule has 0 saturated heterocycles. The summed E-state index contributed by atoms with van der Waals surface area (Å²) in [4.78, 5) is 16.9. The number of aryl methyl sites for hydroxylation is 1. The molecule has 1 aromatic heterocycles. The largest absolute Gasteiger partial charge is 0.353 e. The molecule has 1 heterocycles. The first-order chi connectivity index (χ1) is 15.2. The number of nitrogens with one attached hydrogen (secondary N) is 1. The van der Waals surface area contributed by atoms with E-state index in [0.29, 0.717) is 13.1 Å². The van der Waals surface area contributed by atoms with Gasteiger partial charge in [0.15, 0.2) is 0 Å². The van der Waals surface area contributed by atoms with Gasteiger partial charge in [0.2, 0.25) is 5.91 Å². The van der Waals surface area contributed by atoms with Crippen molar-refractivity contribution < 1.29 is 4.79 Å². The van der Waals surface area contributed by atoms with Crippen molar-refractivity contribution in [2.45, 2.75) is 19.4 Å².